The van der Waals surface area contributed by atoms with Crippen molar-refractivity contribution in [3.05, 3.63) is 72.3 Å². The zero-order valence-corrected chi connectivity index (χ0v) is 16.4. The van der Waals surface area contributed by atoms with Crippen LogP contribution in [-0.2, 0) is 9.53 Å². The molecule has 0 saturated carbocycles. The van der Waals surface area contributed by atoms with Crippen molar-refractivity contribution in [2.75, 3.05) is 18.5 Å². The van der Waals surface area contributed by atoms with Gasteiger partial charge in [-0.25, -0.2) is 9.59 Å². The number of carboxylic acids is 1. The number of hydrogen-bond acceptors (Lipinski definition) is 5. The van der Waals surface area contributed by atoms with E-state index in [0.717, 1.165) is 6.08 Å². The fourth-order valence-electron chi connectivity index (χ4n) is 2.75. The number of rotatable bonds is 9. The molecule has 1 atom stereocenters. The molecule has 0 aliphatic carbocycles. The first-order valence-electron chi connectivity index (χ1n) is 9.11. The van der Waals surface area contributed by atoms with E-state index in [-0.39, 0.29) is 13.2 Å². The zero-order valence-electron chi connectivity index (χ0n) is 16.4. The molecule has 0 bridgehead atoms. The van der Waals surface area contributed by atoms with Gasteiger partial charge in [0.25, 0.3) is 0 Å². The first kappa shape index (κ1) is 22.0. The summed E-state index contributed by atoms with van der Waals surface area (Å²) < 4.78 is 11.3. The molecule has 2 rings (SSSR count). The van der Waals surface area contributed by atoms with Crippen molar-refractivity contribution in [2.45, 2.75) is 20.0 Å². The van der Waals surface area contributed by atoms with E-state index in [2.05, 4.69) is 5.32 Å². The van der Waals surface area contributed by atoms with Gasteiger partial charge in [0.2, 0.25) is 0 Å². The van der Waals surface area contributed by atoms with E-state index >= 15 is 0 Å². The van der Waals surface area contributed by atoms with Crippen LogP contribution >= 0.6 is 0 Å². The third-order valence-corrected chi connectivity index (χ3v) is 4.13. The molecule has 0 aliphatic rings. The van der Waals surface area contributed by atoms with Gasteiger partial charge in [0.05, 0.1) is 6.61 Å². The lowest BCUT2D eigenvalue weighted by Gasteiger charge is -2.32. The van der Waals surface area contributed by atoms with Crippen LogP contribution in [0, 0.1) is 5.41 Å². The number of carboxylic acid groups (broad SMARTS) is 1. The minimum Gasteiger partial charge on any atom is -0.491 e. The number of aliphatic carboxylic acids is 1. The highest BCUT2D eigenvalue weighted by atomic mass is 16.6. The summed E-state index contributed by atoms with van der Waals surface area (Å²) in [5.74, 6) is -0.661. The van der Waals surface area contributed by atoms with Gasteiger partial charge in [-0.05, 0) is 18.2 Å². The Labute approximate surface area is 169 Å². The lowest BCUT2D eigenvalue weighted by atomic mass is 9.81. The average Bonchev–Trinajstić information content (AvgIpc) is 2.70. The Kier molecular flexibility index (Phi) is 7.79. The maximum absolute atomic E-state index is 12.6. The van der Waals surface area contributed by atoms with Crippen molar-refractivity contribution in [3.63, 3.8) is 0 Å². The van der Waals surface area contributed by atoms with E-state index in [1.165, 1.54) is 6.08 Å². The molecule has 0 aliphatic heterocycles. The summed E-state index contributed by atoms with van der Waals surface area (Å²) in [6, 6.07) is 15.8. The van der Waals surface area contributed by atoms with Gasteiger partial charge < -0.3 is 19.7 Å². The van der Waals surface area contributed by atoms with Gasteiger partial charge in [-0.3, -0.25) is 5.32 Å². The average molecular weight is 399 g/mol. The summed E-state index contributed by atoms with van der Waals surface area (Å²) in [5, 5.41) is 20.8. The minimum absolute atomic E-state index is 0.0747. The largest absolute Gasteiger partial charge is 0.491 e. The van der Waals surface area contributed by atoms with Crippen LogP contribution in [-0.4, -0.2) is 35.5 Å². The summed E-state index contributed by atoms with van der Waals surface area (Å²) in [6.45, 7) is 3.42. The fourth-order valence-corrected chi connectivity index (χ4v) is 2.75. The number of carbonyl (C=O) groups excluding carboxylic acids is 1. The molecule has 2 aromatic carbocycles. The smallest absolute Gasteiger partial charge is 0.412 e. The minimum atomic E-state index is -1.10. The number of nitrogens with one attached hydrogen (secondary N) is 1. The number of anilines is 1. The van der Waals surface area contributed by atoms with Gasteiger partial charge in [-0.15, -0.1) is 0 Å². The van der Waals surface area contributed by atoms with Crippen LogP contribution in [0.5, 0.6) is 5.75 Å². The second kappa shape index (κ2) is 10.3. The SMILES string of the molecule is CC(C)(/C=C/C(=O)O)[C@H](OC(=O)Nc1ccccc1)c1ccccc1OCCO. The van der Waals surface area contributed by atoms with Gasteiger partial charge in [-0.1, -0.05) is 56.3 Å². The molecule has 0 spiro atoms. The Hall–Kier alpha value is -3.32. The number of hydrogen-bond donors (Lipinski definition) is 3. The summed E-state index contributed by atoms with van der Waals surface area (Å²) >= 11 is 0. The predicted octanol–water partition coefficient (Wildman–Crippen LogP) is 4.01. The van der Waals surface area contributed by atoms with Crippen LogP contribution in [0.4, 0.5) is 10.5 Å². The molecule has 29 heavy (non-hydrogen) atoms. The van der Waals surface area contributed by atoms with Crippen LogP contribution in [0.2, 0.25) is 0 Å². The summed E-state index contributed by atoms with van der Waals surface area (Å²) in [6.07, 6.45) is 0.952. The quantitative estimate of drug-likeness (QED) is 0.550. The van der Waals surface area contributed by atoms with Crippen molar-refractivity contribution < 1.29 is 29.3 Å². The van der Waals surface area contributed by atoms with Crippen molar-refractivity contribution >= 4 is 17.7 Å². The van der Waals surface area contributed by atoms with Gasteiger partial charge in [0.1, 0.15) is 18.5 Å². The lowest BCUT2D eigenvalue weighted by Crippen LogP contribution is -2.28. The lowest BCUT2D eigenvalue weighted by molar-refractivity contribution is -0.131. The number of ether oxygens (including phenoxy) is 2. The van der Waals surface area contributed by atoms with Crippen molar-refractivity contribution in [3.8, 4) is 5.75 Å². The first-order chi connectivity index (χ1) is 13.8. The molecule has 0 saturated heterocycles. The molecule has 0 unspecified atom stereocenters. The molecule has 0 radical (unpaired) electrons. The Balaban J connectivity index is 2.36. The molecule has 2 aromatic rings. The molecule has 0 aromatic heterocycles. The van der Waals surface area contributed by atoms with Crippen molar-refractivity contribution in [1.29, 1.82) is 0 Å². The van der Waals surface area contributed by atoms with Crippen LogP contribution in [0.1, 0.15) is 25.5 Å². The monoisotopic (exact) mass is 399 g/mol. The third-order valence-electron chi connectivity index (χ3n) is 4.13. The van der Waals surface area contributed by atoms with E-state index in [4.69, 9.17) is 19.7 Å². The van der Waals surface area contributed by atoms with Gasteiger partial charge >= 0.3 is 12.1 Å². The van der Waals surface area contributed by atoms with Crippen molar-refractivity contribution in [2.24, 2.45) is 5.41 Å². The van der Waals surface area contributed by atoms with Crippen molar-refractivity contribution in [1.82, 2.24) is 0 Å². The maximum atomic E-state index is 12.6. The van der Waals surface area contributed by atoms with Crippen LogP contribution in [0.25, 0.3) is 0 Å². The number of carbonyl (C=O) groups is 2. The van der Waals surface area contributed by atoms with Gasteiger partial charge in [-0.2, -0.15) is 0 Å². The summed E-state index contributed by atoms with van der Waals surface area (Å²) in [7, 11) is 0. The van der Waals surface area contributed by atoms with E-state index in [9.17, 15) is 9.59 Å². The maximum Gasteiger partial charge on any atom is 0.412 e. The Morgan fingerprint density at radius 2 is 1.76 bits per heavy atom. The summed E-state index contributed by atoms with van der Waals surface area (Å²) in [4.78, 5) is 23.6. The number of para-hydroxylation sites is 2. The predicted molar refractivity (Wildman–Crippen MR) is 109 cm³/mol. The molecular formula is C22H25NO6. The number of benzene rings is 2. The molecule has 1 amide bonds. The van der Waals surface area contributed by atoms with E-state index < -0.39 is 23.6 Å². The highest BCUT2D eigenvalue weighted by Crippen LogP contribution is 2.42. The highest BCUT2D eigenvalue weighted by Gasteiger charge is 2.34. The van der Waals surface area contributed by atoms with Crippen LogP contribution in [0.15, 0.2) is 66.7 Å². The molecule has 7 heteroatoms. The zero-order chi connectivity index (χ0) is 21.3. The van der Waals surface area contributed by atoms with Gasteiger partial charge in [0, 0.05) is 22.7 Å². The molecule has 0 fully saturated rings. The van der Waals surface area contributed by atoms with Gasteiger partial charge in [0.15, 0.2) is 0 Å². The number of aliphatic hydroxyl groups is 1. The first-order valence-corrected chi connectivity index (χ1v) is 9.11. The summed E-state index contributed by atoms with van der Waals surface area (Å²) in [5.41, 5.74) is 0.259. The Bertz CT molecular complexity index is 847. The highest BCUT2D eigenvalue weighted by molar-refractivity contribution is 5.84. The second-order valence-electron chi connectivity index (χ2n) is 6.88. The van der Waals surface area contributed by atoms with Crippen LogP contribution in [0.3, 0.4) is 0 Å². The topological polar surface area (TPSA) is 105 Å². The van der Waals surface area contributed by atoms with Crippen LogP contribution < -0.4 is 10.1 Å². The Morgan fingerprint density at radius 3 is 2.41 bits per heavy atom. The fraction of sp³-hybridized carbons (Fsp3) is 0.273. The number of aliphatic hydroxyl groups excluding tert-OH is 1. The number of amides is 1. The van der Waals surface area contributed by atoms with E-state index in [1.807, 2.05) is 6.07 Å². The van der Waals surface area contributed by atoms with E-state index in [1.54, 1.807) is 62.4 Å². The Morgan fingerprint density at radius 1 is 1.10 bits per heavy atom. The molecule has 0 heterocycles. The molecular weight excluding hydrogens is 374 g/mol. The second-order valence-corrected chi connectivity index (χ2v) is 6.88. The standard InChI is InChI=1S/C22H25NO6/c1-22(2,13-12-19(25)26)20(17-10-6-7-11-18(17)28-15-14-24)29-21(27)23-16-8-4-3-5-9-16/h3-13,20,24H,14-15H2,1-2H3,(H,23,27)(H,25,26)/b13-12+/t20-/m1/s1. The normalized spacial score (nSPS) is 12.4. The molecule has 154 valence electrons. The molecule has 3 N–H and O–H groups in total. The third kappa shape index (κ3) is 6.65. The van der Waals surface area contributed by atoms with E-state index in [0.29, 0.717) is 17.0 Å². The molecule has 7 nitrogen and oxygen atoms in total.